The Balaban J connectivity index is 1.68. The van der Waals surface area contributed by atoms with Crippen molar-refractivity contribution in [3.8, 4) is 5.75 Å². The van der Waals surface area contributed by atoms with E-state index in [0.717, 1.165) is 16.9 Å². The van der Waals surface area contributed by atoms with Gasteiger partial charge in [-0.3, -0.25) is 9.59 Å². The molecule has 0 aliphatic rings. The molecule has 1 heterocycles. The molecule has 1 aromatic heterocycles. The lowest BCUT2D eigenvalue weighted by atomic mass is 10.1. The number of benzene rings is 2. The van der Waals surface area contributed by atoms with Crippen molar-refractivity contribution in [1.82, 2.24) is 10.6 Å². The highest BCUT2D eigenvalue weighted by molar-refractivity contribution is 6.05. The highest BCUT2D eigenvalue weighted by Crippen LogP contribution is 2.12. The lowest BCUT2D eigenvalue weighted by Crippen LogP contribution is -2.36. The molecule has 0 aliphatic heterocycles. The van der Waals surface area contributed by atoms with E-state index in [0.29, 0.717) is 24.3 Å². The van der Waals surface area contributed by atoms with Crippen molar-refractivity contribution in [2.45, 2.75) is 13.3 Å². The van der Waals surface area contributed by atoms with E-state index in [1.54, 1.807) is 31.4 Å². The van der Waals surface area contributed by atoms with Gasteiger partial charge in [0.05, 0.1) is 13.4 Å². The van der Waals surface area contributed by atoms with Crippen LogP contribution in [0.15, 0.2) is 77.0 Å². The molecule has 0 bridgehead atoms. The van der Waals surface area contributed by atoms with Gasteiger partial charge in [-0.15, -0.1) is 0 Å². The molecule has 154 valence electrons. The Bertz CT molecular complexity index is 1020. The summed E-state index contributed by atoms with van der Waals surface area (Å²) in [6.45, 7) is 2.26. The van der Waals surface area contributed by atoms with Crippen LogP contribution in [0, 0.1) is 6.92 Å². The molecule has 30 heavy (non-hydrogen) atoms. The van der Waals surface area contributed by atoms with E-state index in [4.69, 9.17) is 9.15 Å². The summed E-state index contributed by atoms with van der Waals surface area (Å²) in [5.74, 6) is 0.517. The van der Waals surface area contributed by atoms with E-state index in [1.807, 2.05) is 43.3 Å². The van der Waals surface area contributed by atoms with Crippen molar-refractivity contribution in [2.75, 3.05) is 13.7 Å². The van der Waals surface area contributed by atoms with Gasteiger partial charge in [0.1, 0.15) is 17.2 Å². The van der Waals surface area contributed by atoms with Gasteiger partial charge >= 0.3 is 0 Å². The number of ether oxygens (including phenoxy) is 1. The molecule has 0 unspecified atom stereocenters. The summed E-state index contributed by atoms with van der Waals surface area (Å²) in [6.07, 6.45) is 3.67. The Labute approximate surface area is 175 Å². The van der Waals surface area contributed by atoms with Crippen LogP contribution in [0.1, 0.15) is 27.2 Å². The summed E-state index contributed by atoms with van der Waals surface area (Å²) < 4.78 is 10.5. The van der Waals surface area contributed by atoms with E-state index in [9.17, 15) is 9.59 Å². The standard InChI is InChI=1S/C24H24N2O4/c1-17-6-3-4-8-21(17)23(27)26-22(16-20-7-5-15-30-20)24(28)25-14-13-18-9-11-19(29-2)12-10-18/h3-12,15-16H,13-14H2,1-2H3,(H,25,28)(H,26,27)/b22-16-. The molecule has 0 aliphatic carbocycles. The minimum absolute atomic E-state index is 0.118. The van der Waals surface area contributed by atoms with E-state index in [-0.39, 0.29) is 17.5 Å². The van der Waals surface area contributed by atoms with Gasteiger partial charge in [-0.05, 0) is 54.8 Å². The smallest absolute Gasteiger partial charge is 0.267 e. The number of rotatable bonds is 8. The highest BCUT2D eigenvalue weighted by Gasteiger charge is 2.16. The molecule has 0 fully saturated rings. The first-order valence-electron chi connectivity index (χ1n) is 9.60. The van der Waals surface area contributed by atoms with Crippen molar-refractivity contribution in [3.63, 3.8) is 0 Å². The molecular formula is C24H24N2O4. The molecule has 0 radical (unpaired) electrons. The SMILES string of the molecule is COc1ccc(CCNC(=O)/C(=C/c2ccco2)NC(=O)c2ccccc2C)cc1. The minimum atomic E-state index is -0.387. The summed E-state index contributed by atoms with van der Waals surface area (Å²) in [5.41, 5.74) is 2.52. The zero-order chi connectivity index (χ0) is 21.3. The van der Waals surface area contributed by atoms with Crippen molar-refractivity contribution < 1.29 is 18.7 Å². The summed E-state index contributed by atoms with van der Waals surface area (Å²) in [5, 5.41) is 5.56. The lowest BCUT2D eigenvalue weighted by molar-refractivity contribution is -0.117. The number of furan rings is 1. The number of carbonyl (C=O) groups excluding carboxylic acids is 2. The first-order chi connectivity index (χ1) is 14.6. The van der Waals surface area contributed by atoms with Crippen LogP contribution in [-0.2, 0) is 11.2 Å². The molecule has 6 nitrogen and oxygen atoms in total. The first-order valence-corrected chi connectivity index (χ1v) is 9.60. The van der Waals surface area contributed by atoms with Gasteiger partial charge in [0.2, 0.25) is 0 Å². The maximum Gasteiger partial charge on any atom is 0.267 e. The monoisotopic (exact) mass is 404 g/mol. The maximum absolute atomic E-state index is 12.8. The Kier molecular flexibility index (Phi) is 7.05. The number of methoxy groups -OCH3 is 1. The number of hydrogen-bond donors (Lipinski definition) is 2. The average Bonchev–Trinajstić information content (AvgIpc) is 3.27. The van der Waals surface area contributed by atoms with Gasteiger partial charge in [-0.2, -0.15) is 0 Å². The second kappa shape index (κ2) is 10.1. The van der Waals surface area contributed by atoms with Gasteiger partial charge in [0.25, 0.3) is 11.8 Å². The molecule has 2 N–H and O–H groups in total. The second-order valence-corrected chi connectivity index (χ2v) is 6.70. The Morgan fingerprint density at radius 2 is 1.80 bits per heavy atom. The van der Waals surface area contributed by atoms with Gasteiger partial charge < -0.3 is 19.8 Å². The van der Waals surface area contributed by atoms with Crippen molar-refractivity contribution in [3.05, 3.63) is 95.1 Å². The Morgan fingerprint density at radius 3 is 2.47 bits per heavy atom. The predicted octanol–water partition coefficient (Wildman–Crippen LogP) is 3.73. The summed E-state index contributed by atoms with van der Waals surface area (Å²) in [4.78, 5) is 25.4. The van der Waals surface area contributed by atoms with Crippen LogP contribution in [0.4, 0.5) is 0 Å². The molecule has 0 saturated heterocycles. The van der Waals surface area contributed by atoms with Crippen LogP contribution in [0.3, 0.4) is 0 Å². The molecule has 6 heteroatoms. The first kappa shape index (κ1) is 20.9. The molecular weight excluding hydrogens is 380 g/mol. The number of carbonyl (C=O) groups is 2. The molecule has 3 rings (SSSR count). The van der Waals surface area contributed by atoms with Crippen LogP contribution in [-0.4, -0.2) is 25.5 Å². The van der Waals surface area contributed by atoms with Crippen molar-refractivity contribution >= 4 is 17.9 Å². The van der Waals surface area contributed by atoms with Crippen molar-refractivity contribution in [2.24, 2.45) is 0 Å². The predicted molar refractivity (Wildman–Crippen MR) is 115 cm³/mol. The van der Waals surface area contributed by atoms with E-state index >= 15 is 0 Å². The minimum Gasteiger partial charge on any atom is -0.497 e. The molecule has 3 aromatic rings. The molecule has 0 atom stereocenters. The quantitative estimate of drug-likeness (QED) is 0.561. The third-order valence-electron chi connectivity index (χ3n) is 4.57. The lowest BCUT2D eigenvalue weighted by Gasteiger charge is -2.12. The fraction of sp³-hybridized carbons (Fsp3) is 0.167. The fourth-order valence-electron chi connectivity index (χ4n) is 2.90. The van der Waals surface area contributed by atoms with Gasteiger partial charge in [-0.1, -0.05) is 30.3 Å². The van der Waals surface area contributed by atoms with Crippen LogP contribution in [0.5, 0.6) is 5.75 Å². The zero-order valence-electron chi connectivity index (χ0n) is 17.0. The largest absolute Gasteiger partial charge is 0.497 e. The van der Waals surface area contributed by atoms with Gasteiger partial charge in [-0.25, -0.2) is 0 Å². The van der Waals surface area contributed by atoms with E-state index in [1.165, 1.54) is 12.3 Å². The normalized spacial score (nSPS) is 11.1. The fourth-order valence-corrected chi connectivity index (χ4v) is 2.90. The highest BCUT2D eigenvalue weighted by atomic mass is 16.5. The van der Waals surface area contributed by atoms with Gasteiger partial charge in [0, 0.05) is 18.2 Å². The molecule has 2 amide bonds. The van der Waals surface area contributed by atoms with E-state index < -0.39 is 0 Å². The topological polar surface area (TPSA) is 80.6 Å². The van der Waals surface area contributed by atoms with Crippen molar-refractivity contribution in [1.29, 1.82) is 0 Å². The summed E-state index contributed by atoms with van der Waals surface area (Å²) in [6, 6.07) is 18.3. The number of hydrogen-bond acceptors (Lipinski definition) is 4. The van der Waals surface area contributed by atoms with Gasteiger partial charge in [0.15, 0.2) is 0 Å². The van der Waals surface area contributed by atoms with Crippen LogP contribution >= 0.6 is 0 Å². The van der Waals surface area contributed by atoms with Crippen LogP contribution in [0.25, 0.3) is 6.08 Å². The molecule has 2 aromatic carbocycles. The zero-order valence-corrected chi connectivity index (χ0v) is 17.0. The average molecular weight is 404 g/mol. The third-order valence-corrected chi connectivity index (χ3v) is 4.57. The molecule has 0 spiro atoms. The number of nitrogens with one attached hydrogen (secondary N) is 2. The van der Waals surface area contributed by atoms with Crippen LogP contribution in [0.2, 0.25) is 0 Å². The maximum atomic E-state index is 12.8. The molecule has 0 saturated carbocycles. The summed E-state index contributed by atoms with van der Waals surface area (Å²) in [7, 11) is 1.62. The Hall–Kier alpha value is -3.80. The van der Waals surface area contributed by atoms with Crippen LogP contribution < -0.4 is 15.4 Å². The summed E-state index contributed by atoms with van der Waals surface area (Å²) >= 11 is 0. The number of amides is 2. The van der Waals surface area contributed by atoms with E-state index in [2.05, 4.69) is 10.6 Å². The Morgan fingerprint density at radius 1 is 1.03 bits per heavy atom. The third kappa shape index (κ3) is 5.61. The number of aryl methyl sites for hydroxylation is 1. The second-order valence-electron chi connectivity index (χ2n) is 6.70.